The summed E-state index contributed by atoms with van der Waals surface area (Å²) in [7, 11) is 0. The molecule has 0 amide bonds. The first kappa shape index (κ1) is 26.7. The Morgan fingerprint density at radius 2 is 1.57 bits per heavy atom. The second-order valence-electron chi connectivity index (χ2n) is 11.4. The lowest BCUT2D eigenvalue weighted by atomic mass is 9.84. The van der Waals surface area contributed by atoms with Crippen LogP contribution in [0.15, 0.2) is 30.3 Å². The molecule has 4 aliphatic rings. The van der Waals surface area contributed by atoms with E-state index in [0.29, 0.717) is 42.6 Å². The van der Waals surface area contributed by atoms with Crippen LogP contribution < -0.4 is 15.4 Å². The summed E-state index contributed by atoms with van der Waals surface area (Å²) >= 11 is 0. The maximum absolute atomic E-state index is 13.3. The number of aryl methyl sites for hydroxylation is 1. The number of ether oxygens (including phenoxy) is 3. The lowest BCUT2D eigenvalue weighted by molar-refractivity contribution is -0.149. The van der Waals surface area contributed by atoms with Crippen LogP contribution in [0.2, 0.25) is 0 Å². The summed E-state index contributed by atoms with van der Waals surface area (Å²) in [6, 6.07) is 8.93. The number of fused-ring (bicyclic) bond motifs is 4. The molecule has 3 aliphatic heterocycles. The van der Waals surface area contributed by atoms with E-state index in [9.17, 15) is 19.2 Å². The van der Waals surface area contributed by atoms with E-state index in [4.69, 9.17) is 14.2 Å². The van der Waals surface area contributed by atoms with Gasteiger partial charge in [-0.05, 0) is 87.3 Å². The van der Waals surface area contributed by atoms with Gasteiger partial charge in [-0.2, -0.15) is 0 Å². The van der Waals surface area contributed by atoms with Crippen molar-refractivity contribution >= 4 is 23.5 Å². The molecule has 2 saturated heterocycles. The van der Waals surface area contributed by atoms with Crippen molar-refractivity contribution in [3.05, 3.63) is 52.6 Å². The maximum Gasteiger partial charge on any atom is 0.323 e. The van der Waals surface area contributed by atoms with Gasteiger partial charge >= 0.3 is 11.9 Å². The first-order valence-electron chi connectivity index (χ1n) is 14.2. The summed E-state index contributed by atoms with van der Waals surface area (Å²) < 4.78 is 16.9. The Kier molecular flexibility index (Phi) is 7.18. The smallest absolute Gasteiger partial charge is 0.323 e. The predicted molar refractivity (Wildman–Crippen MR) is 145 cm³/mol. The van der Waals surface area contributed by atoms with E-state index in [1.165, 1.54) is 0 Å². The largest absolute Gasteiger partial charge is 0.488 e. The first-order chi connectivity index (χ1) is 19.3. The third kappa shape index (κ3) is 5.15. The van der Waals surface area contributed by atoms with Crippen LogP contribution in [0.4, 0.5) is 0 Å². The van der Waals surface area contributed by atoms with Gasteiger partial charge in [-0.1, -0.05) is 12.1 Å². The Hall–Kier alpha value is -3.56. The lowest BCUT2D eigenvalue weighted by Gasteiger charge is -2.28. The maximum atomic E-state index is 13.3. The van der Waals surface area contributed by atoms with E-state index >= 15 is 0 Å². The Morgan fingerprint density at radius 3 is 2.27 bits per heavy atom. The number of Topliss-reactive ketones (excluding diaryl/α,β-unsaturated/α-hetero) is 2. The van der Waals surface area contributed by atoms with Gasteiger partial charge in [0.25, 0.3) is 0 Å². The zero-order valence-electron chi connectivity index (χ0n) is 22.8. The Balaban J connectivity index is 1.14. The second kappa shape index (κ2) is 10.8. The van der Waals surface area contributed by atoms with Crippen LogP contribution in [0, 0.1) is 0 Å². The fourth-order valence-corrected chi connectivity index (χ4v) is 6.17. The van der Waals surface area contributed by atoms with Crippen LogP contribution in [0.1, 0.15) is 77.8 Å². The fourth-order valence-electron chi connectivity index (χ4n) is 6.17. The third-order valence-corrected chi connectivity index (χ3v) is 8.46. The molecule has 2 aromatic rings. The summed E-state index contributed by atoms with van der Waals surface area (Å²) in [5, 5.41) is 6.38. The average molecular weight is 547 g/mol. The number of nitrogens with one attached hydrogen (secondary N) is 2. The molecule has 0 aromatic heterocycles. The molecule has 2 N–H and O–H groups in total. The van der Waals surface area contributed by atoms with E-state index in [-0.39, 0.29) is 54.9 Å². The van der Waals surface area contributed by atoms with E-state index in [1.807, 2.05) is 26.0 Å². The van der Waals surface area contributed by atoms with Crippen LogP contribution in [-0.4, -0.2) is 60.4 Å². The van der Waals surface area contributed by atoms with E-state index in [1.54, 1.807) is 18.2 Å². The van der Waals surface area contributed by atoms with Gasteiger partial charge in [-0.25, -0.2) is 0 Å². The normalized spacial score (nSPS) is 26.8. The summed E-state index contributed by atoms with van der Waals surface area (Å²) in [6.45, 7) is 3.98. The number of benzene rings is 2. The van der Waals surface area contributed by atoms with Crippen LogP contribution >= 0.6 is 0 Å². The summed E-state index contributed by atoms with van der Waals surface area (Å²) in [6.07, 6.45) is 3.49. The number of rotatable bonds is 6. The van der Waals surface area contributed by atoms with Gasteiger partial charge in [0.1, 0.15) is 24.4 Å². The minimum atomic E-state index is -0.790. The Bertz CT molecular complexity index is 1390. The Morgan fingerprint density at radius 1 is 0.850 bits per heavy atom. The highest BCUT2D eigenvalue weighted by Gasteiger charge is 2.36. The molecule has 0 saturated carbocycles. The molecule has 0 spiro atoms. The Labute approximate surface area is 232 Å². The minimum absolute atomic E-state index is 0.199. The molecule has 1 aliphatic carbocycles. The molecule has 2 aromatic carbocycles. The van der Waals surface area contributed by atoms with Crippen LogP contribution in [0.5, 0.6) is 5.75 Å². The number of hydrogen-bond acceptors (Lipinski definition) is 9. The highest BCUT2D eigenvalue weighted by atomic mass is 16.5. The minimum Gasteiger partial charge on any atom is -0.488 e. The van der Waals surface area contributed by atoms with Crippen molar-refractivity contribution in [2.45, 2.75) is 89.3 Å². The number of hydrogen-bond donors (Lipinski definition) is 2. The number of ketones is 2. The second-order valence-corrected chi connectivity index (χ2v) is 11.4. The monoisotopic (exact) mass is 546 g/mol. The van der Waals surface area contributed by atoms with Crippen molar-refractivity contribution < 1.29 is 33.4 Å². The topological polar surface area (TPSA) is 120 Å². The summed E-state index contributed by atoms with van der Waals surface area (Å²) in [5.41, 5.74) is 4.52. The van der Waals surface area contributed by atoms with Gasteiger partial charge in [0.15, 0.2) is 18.5 Å². The SMILES string of the molecule is C[C@H]1CC[C@@H](C(=O)OCC(=O)c2ccc3c(c2)COc2cc4c(cc2-3)CCC(OC(=O)[C@@H]2CC[C@H](C)N2)C4=O)N1. The van der Waals surface area contributed by atoms with Crippen molar-refractivity contribution in [3.63, 3.8) is 0 Å². The molecule has 1 unspecified atom stereocenters. The van der Waals surface area contributed by atoms with Gasteiger partial charge < -0.3 is 24.8 Å². The number of carbonyl (C=O) groups excluding carboxylic acids is 4. The van der Waals surface area contributed by atoms with E-state index < -0.39 is 12.1 Å². The average Bonchev–Trinajstić information content (AvgIpc) is 3.60. The van der Waals surface area contributed by atoms with Crippen molar-refractivity contribution in [3.8, 4) is 16.9 Å². The van der Waals surface area contributed by atoms with Gasteiger partial charge in [0, 0.05) is 28.8 Å². The van der Waals surface area contributed by atoms with Crippen molar-refractivity contribution in [1.82, 2.24) is 10.6 Å². The fraction of sp³-hybridized carbons (Fsp3) is 0.484. The third-order valence-electron chi connectivity index (χ3n) is 8.46. The van der Waals surface area contributed by atoms with E-state index in [2.05, 4.69) is 10.6 Å². The first-order valence-corrected chi connectivity index (χ1v) is 14.2. The highest BCUT2D eigenvalue weighted by Crippen LogP contribution is 2.41. The zero-order chi connectivity index (χ0) is 28.0. The van der Waals surface area contributed by atoms with Crippen LogP contribution in [0.3, 0.4) is 0 Å². The molecule has 0 radical (unpaired) electrons. The molecule has 210 valence electrons. The van der Waals surface area contributed by atoms with E-state index in [0.717, 1.165) is 35.1 Å². The molecular weight excluding hydrogens is 512 g/mol. The van der Waals surface area contributed by atoms with Gasteiger partial charge in [0.05, 0.1) is 0 Å². The molecular formula is C31H34N2O7. The molecule has 0 bridgehead atoms. The van der Waals surface area contributed by atoms with Crippen LogP contribution in [0.25, 0.3) is 11.1 Å². The molecule has 5 atom stereocenters. The standard InChI is InChI=1S/C31H34N2O7/c1-16-3-8-24(32-16)30(36)39-15-26(34)19-5-7-21-20(11-19)14-38-28-13-22-18(12-23(21)28)6-10-27(29(22)35)40-31(37)25-9-4-17(2)33-25/h5,7,11-13,16-17,24-25,27,32-33H,3-4,6,8-10,14-15H2,1-2H3/t16-,17-,24-,25-,27?/m0/s1. The zero-order valence-corrected chi connectivity index (χ0v) is 22.8. The van der Waals surface area contributed by atoms with Crippen molar-refractivity contribution in [2.75, 3.05) is 6.61 Å². The lowest BCUT2D eigenvalue weighted by Crippen LogP contribution is -2.40. The van der Waals surface area contributed by atoms with Crippen molar-refractivity contribution in [2.24, 2.45) is 0 Å². The van der Waals surface area contributed by atoms with Gasteiger partial charge in [0.2, 0.25) is 5.78 Å². The summed E-state index contributed by atoms with van der Waals surface area (Å²) in [4.78, 5) is 50.9. The molecule has 6 rings (SSSR count). The van der Waals surface area contributed by atoms with Gasteiger partial charge in [-0.3, -0.25) is 19.2 Å². The summed E-state index contributed by atoms with van der Waals surface area (Å²) in [5.74, 6) is -0.639. The predicted octanol–water partition coefficient (Wildman–Crippen LogP) is 3.29. The number of esters is 2. The highest BCUT2D eigenvalue weighted by molar-refractivity contribution is 6.04. The number of carbonyl (C=O) groups is 4. The molecule has 2 fully saturated rings. The molecule has 3 heterocycles. The molecule has 9 heteroatoms. The quantitative estimate of drug-likeness (QED) is 0.415. The van der Waals surface area contributed by atoms with Crippen molar-refractivity contribution in [1.29, 1.82) is 0 Å². The van der Waals surface area contributed by atoms with Crippen LogP contribution in [-0.2, 0) is 32.1 Å². The van der Waals surface area contributed by atoms with Gasteiger partial charge in [-0.15, -0.1) is 0 Å². The molecule has 9 nitrogen and oxygen atoms in total. The molecule has 40 heavy (non-hydrogen) atoms.